The molecule has 2 rings (SSSR count). The first-order valence-electron chi connectivity index (χ1n) is 5.87. The summed E-state index contributed by atoms with van der Waals surface area (Å²) in [4.78, 5) is 12.0. The normalized spacial score (nSPS) is 23.9. The third-order valence-electron chi connectivity index (χ3n) is 3.01. The molecular formula is C12H16ClNO2S. The predicted octanol–water partition coefficient (Wildman–Crippen LogP) is 3.34. The van der Waals surface area contributed by atoms with Crippen LogP contribution >= 0.6 is 23.4 Å². The molecule has 1 heterocycles. The van der Waals surface area contributed by atoms with Crippen molar-refractivity contribution in [1.82, 2.24) is 5.32 Å². The van der Waals surface area contributed by atoms with Crippen molar-refractivity contribution >= 4 is 29.3 Å². The third-order valence-corrected chi connectivity index (χ3v) is 4.63. The quantitative estimate of drug-likeness (QED) is 0.915. The third kappa shape index (κ3) is 2.99. The van der Waals surface area contributed by atoms with Crippen LogP contribution in [0.2, 0.25) is 5.22 Å². The summed E-state index contributed by atoms with van der Waals surface area (Å²) >= 11 is 7.70. The summed E-state index contributed by atoms with van der Waals surface area (Å²) in [7, 11) is 0. The minimum atomic E-state index is -0.127. The van der Waals surface area contributed by atoms with Crippen LogP contribution in [0.1, 0.15) is 36.5 Å². The van der Waals surface area contributed by atoms with Crippen LogP contribution in [-0.2, 0) is 0 Å². The number of rotatable bonds is 4. The molecule has 0 bridgehead atoms. The minimum absolute atomic E-state index is 0.127. The highest BCUT2D eigenvalue weighted by atomic mass is 35.5. The molecule has 2 unspecified atom stereocenters. The van der Waals surface area contributed by atoms with E-state index < -0.39 is 0 Å². The molecular weight excluding hydrogens is 258 g/mol. The Morgan fingerprint density at radius 1 is 1.65 bits per heavy atom. The maximum atomic E-state index is 12.0. The van der Waals surface area contributed by atoms with E-state index in [9.17, 15) is 4.79 Å². The Morgan fingerprint density at radius 2 is 2.47 bits per heavy atom. The van der Waals surface area contributed by atoms with Crippen molar-refractivity contribution < 1.29 is 9.21 Å². The smallest absolute Gasteiger partial charge is 0.256 e. The molecule has 1 aliphatic carbocycles. The van der Waals surface area contributed by atoms with E-state index in [0.717, 1.165) is 12.2 Å². The maximum absolute atomic E-state index is 12.0. The molecule has 1 aliphatic rings. The molecule has 2 atom stereocenters. The Bertz CT molecular complexity index is 394. The second kappa shape index (κ2) is 5.83. The molecule has 1 fully saturated rings. The number of nitrogens with one attached hydrogen (secondary N) is 1. The molecule has 0 saturated heterocycles. The molecule has 0 radical (unpaired) electrons. The molecule has 1 N–H and O–H groups in total. The van der Waals surface area contributed by atoms with Gasteiger partial charge in [-0.15, -0.1) is 0 Å². The molecule has 5 heteroatoms. The predicted molar refractivity (Wildman–Crippen MR) is 70.7 cm³/mol. The highest BCUT2D eigenvalue weighted by Crippen LogP contribution is 2.30. The van der Waals surface area contributed by atoms with E-state index in [-0.39, 0.29) is 17.2 Å². The van der Waals surface area contributed by atoms with E-state index in [1.165, 1.54) is 19.1 Å². The molecule has 1 amide bonds. The van der Waals surface area contributed by atoms with Gasteiger partial charge in [0.2, 0.25) is 5.22 Å². The van der Waals surface area contributed by atoms with Crippen LogP contribution in [0.25, 0.3) is 0 Å². The Hall–Kier alpha value is -0.610. The van der Waals surface area contributed by atoms with Crippen LogP contribution in [0, 0.1) is 0 Å². The lowest BCUT2D eigenvalue weighted by atomic mass is 10.2. The van der Waals surface area contributed by atoms with E-state index in [1.54, 1.807) is 6.07 Å². The number of amides is 1. The van der Waals surface area contributed by atoms with E-state index in [1.807, 2.05) is 11.8 Å². The van der Waals surface area contributed by atoms with Gasteiger partial charge in [0.1, 0.15) is 0 Å². The van der Waals surface area contributed by atoms with Crippen molar-refractivity contribution in [2.45, 2.75) is 37.5 Å². The van der Waals surface area contributed by atoms with Gasteiger partial charge in [0.15, 0.2) is 0 Å². The zero-order valence-corrected chi connectivity index (χ0v) is 11.3. The maximum Gasteiger partial charge on any atom is 0.256 e. The molecule has 0 aromatic carbocycles. The first-order chi connectivity index (χ1) is 8.22. The largest absolute Gasteiger partial charge is 0.452 e. The average molecular weight is 274 g/mol. The number of halogens is 1. The summed E-state index contributed by atoms with van der Waals surface area (Å²) in [5, 5.41) is 3.76. The zero-order valence-electron chi connectivity index (χ0n) is 9.74. The summed E-state index contributed by atoms with van der Waals surface area (Å²) in [6.45, 7) is 2.15. The van der Waals surface area contributed by atoms with Gasteiger partial charge in [0, 0.05) is 11.3 Å². The van der Waals surface area contributed by atoms with Crippen LogP contribution in [0.3, 0.4) is 0 Å². The van der Waals surface area contributed by atoms with Crippen molar-refractivity contribution in [2.75, 3.05) is 5.75 Å². The summed E-state index contributed by atoms with van der Waals surface area (Å²) < 4.78 is 4.92. The van der Waals surface area contributed by atoms with E-state index in [4.69, 9.17) is 16.0 Å². The van der Waals surface area contributed by atoms with Gasteiger partial charge in [-0.3, -0.25) is 4.79 Å². The van der Waals surface area contributed by atoms with Crippen LogP contribution in [0.15, 0.2) is 16.7 Å². The number of carbonyl (C=O) groups excluding carboxylic acids is 1. The standard InChI is InChI=1S/C12H16ClNO2S/c1-2-17-10-5-3-4-9(10)14-12(15)8-6-7-16-11(8)13/h6-7,9-10H,2-5H2,1H3,(H,14,15). The second-order valence-corrected chi connectivity index (χ2v) is 5.97. The fourth-order valence-corrected chi connectivity index (χ4v) is 3.60. The van der Waals surface area contributed by atoms with Gasteiger partial charge < -0.3 is 9.73 Å². The lowest BCUT2D eigenvalue weighted by molar-refractivity contribution is 0.0938. The first kappa shape index (κ1) is 12.8. The van der Waals surface area contributed by atoms with E-state index in [0.29, 0.717) is 10.8 Å². The lowest BCUT2D eigenvalue weighted by Crippen LogP contribution is -2.38. The molecule has 1 aromatic heterocycles. The summed E-state index contributed by atoms with van der Waals surface area (Å²) in [6, 6.07) is 1.87. The Balaban J connectivity index is 1.97. The topological polar surface area (TPSA) is 42.2 Å². The summed E-state index contributed by atoms with van der Waals surface area (Å²) in [5.74, 6) is 0.959. The van der Waals surface area contributed by atoms with Crippen molar-refractivity contribution in [2.24, 2.45) is 0 Å². The summed E-state index contributed by atoms with van der Waals surface area (Å²) in [6.07, 6.45) is 4.85. The first-order valence-corrected chi connectivity index (χ1v) is 7.30. The van der Waals surface area contributed by atoms with Gasteiger partial charge in [0.25, 0.3) is 5.91 Å². The van der Waals surface area contributed by atoms with Crippen LogP contribution < -0.4 is 5.32 Å². The fourth-order valence-electron chi connectivity index (χ4n) is 2.21. The summed E-state index contributed by atoms with van der Waals surface area (Å²) in [5.41, 5.74) is 0.429. The SMILES string of the molecule is CCSC1CCCC1NC(=O)c1ccoc1Cl. The highest BCUT2D eigenvalue weighted by molar-refractivity contribution is 7.99. The Labute approximate surface area is 110 Å². The fraction of sp³-hybridized carbons (Fsp3) is 0.583. The molecule has 1 aromatic rings. The molecule has 0 aliphatic heterocycles. The van der Waals surface area contributed by atoms with Gasteiger partial charge in [-0.1, -0.05) is 13.3 Å². The second-order valence-electron chi connectivity index (χ2n) is 4.11. The van der Waals surface area contributed by atoms with Crippen molar-refractivity contribution in [3.63, 3.8) is 0 Å². The van der Waals surface area contributed by atoms with Gasteiger partial charge >= 0.3 is 0 Å². The Morgan fingerprint density at radius 3 is 3.12 bits per heavy atom. The number of carbonyl (C=O) groups is 1. The molecule has 17 heavy (non-hydrogen) atoms. The lowest BCUT2D eigenvalue weighted by Gasteiger charge is -2.19. The van der Waals surface area contributed by atoms with Crippen LogP contribution in [0.5, 0.6) is 0 Å². The van der Waals surface area contributed by atoms with Gasteiger partial charge in [-0.05, 0) is 36.3 Å². The zero-order chi connectivity index (χ0) is 12.3. The van der Waals surface area contributed by atoms with Crippen molar-refractivity contribution in [3.8, 4) is 0 Å². The van der Waals surface area contributed by atoms with Gasteiger partial charge in [0.05, 0.1) is 11.8 Å². The molecule has 1 saturated carbocycles. The molecule has 3 nitrogen and oxygen atoms in total. The van der Waals surface area contributed by atoms with E-state index in [2.05, 4.69) is 12.2 Å². The molecule has 94 valence electrons. The van der Waals surface area contributed by atoms with Crippen LogP contribution in [0.4, 0.5) is 0 Å². The van der Waals surface area contributed by atoms with Gasteiger partial charge in [-0.2, -0.15) is 11.8 Å². The number of hydrogen-bond donors (Lipinski definition) is 1. The van der Waals surface area contributed by atoms with Gasteiger partial charge in [-0.25, -0.2) is 0 Å². The number of thioether (sulfide) groups is 1. The average Bonchev–Trinajstić information content (AvgIpc) is 2.89. The number of furan rings is 1. The van der Waals surface area contributed by atoms with Crippen molar-refractivity contribution in [1.29, 1.82) is 0 Å². The van der Waals surface area contributed by atoms with Crippen molar-refractivity contribution in [3.05, 3.63) is 23.1 Å². The van der Waals surface area contributed by atoms with E-state index >= 15 is 0 Å². The monoisotopic (exact) mass is 273 g/mol. The Kier molecular flexibility index (Phi) is 4.40. The molecule has 0 spiro atoms. The number of hydrogen-bond acceptors (Lipinski definition) is 3. The van der Waals surface area contributed by atoms with Crippen LogP contribution in [-0.4, -0.2) is 23.0 Å². The highest BCUT2D eigenvalue weighted by Gasteiger charge is 2.29. The minimum Gasteiger partial charge on any atom is -0.452 e.